The van der Waals surface area contributed by atoms with Crippen LogP contribution in [0, 0.1) is 6.92 Å². The second-order valence-corrected chi connectivity index (χ2v) is 6.67. The number of imidazole rings is 1. The first-order chi connectivity index (χ1) is 10.6. The van der Waals surface area contributed by atoms with Gasteiger partial charge in [-0.25, -0.2) is 9.97 Å². The molecule has 5 nitrogen and oxygen atoms in total. The van der Waals surface area contributed by atoms with Gasteiger partial charge in [-0.15, -0.1) is 11.3 Å². The molecular formula is C15H13BrN4OS. The number of pyridine rings is 1. The second kappa shape index (κ2) is 6.41. The van der Waals surface area contributed by atoms with Crippen molar-refractivity contribution in [1.29, 1.82) is 0 Å². The van der Waals surface area contributed by atoms with Gasteiger partial charge < -0.3 is 9.72 Å². The maximum atomic E-state index is 11.8. The zero-order chi connectivity index (χ0) is 15.5. The largest absolute Gasteiger partial charge is 0.347 e. The topological polar surface area (TPSA) is 59.3 Å². The predicted octanol–water partition coefficient (Wildman–Crippen LogP) is 3.19. The van der Waals surface area contributed by atoms with Gasteiger partial charge in [0.25, 0.3) is 0 Å². The monoisotopic (exact) mass is 376 g/mol. The van der Waals surface area contributed by atoms with Crippen LogP contribution in [-0.4, -0.2) is 20.3 Å². The molecule has 0 radical (unpaired) electrons. The van der Waals surface area contributed by atoms with Gasteiger partial charge in [0, 0.05) is 28.3 Å². The molecule has 0 saturated carbocycles. The average molecular weight is 377 g/mol. The molecule has 3 aromatic heterocycles. The van der Waals surface area contributed by atoms with Crippen LogP contribution in [0.25, 0.3) is 11.7 Å². The molecule has 22 heavy (non-hydrogen) atoms. The maximum absolute atomic E-state index is 11.8. The maximum Gasteiger partial charge on any atom is 0.244 e. The molecule has 0 spiro atoms. The molecule has 3 rings (SSSR count). The van der Waals surface area contributed by atoms with Crippen LogP contribution in [0.2, 0.25) is 0 Å². The van der Waals surface area contributed by atoms with Gasteiger partial charge in [-0.1, -0.05) is 0 Å². The zero-order valence-electron chi connectivity index (χ0n) is 11.8. The molecule has 1 amide bonds. The predicted molar refractivity (Wildman–Crippen MR) is 90.6 cm³/mol. The van der Waals surface area contributed by atoms with Crippen molar-refractivity contribution in [2.75, 3.05) is 0 Å². The molecule has 0 unspecified atom stereocenters. The molecule has 3 aromatic rings. The Labute approximate surface area is 139 Å². The number of thiazole rings is 1. The minimum Gasteiger partial charge on any atom is -0.347 e. The van der Waals surface area contributed by atoms with Gasteiger partial charge >= 0.3 is 0 Å². The number of amides is 1. The molecule has 1 N–H and O–H groups in total. The number of halogens is 1. The summed E-state index contributed by atoms with van der Waals surface area (Å²) < 4.78 is 2.90. The zero-order valence-corrected chi connectivity index (χ0v) is 14.2. The summed E-state index contributed by atoms with van der Waals surface area (Å²) in [5.41, 5.74) is 2.46. The van der Waals surface area contributed by atoms with Crippen molar-refractivity contribution < 1.29 is 4.79 Å². The summed E-state index contributed by atoms with van der Waals surface area (Å²) >= 11 is 4.97. The molecule has 0 aliphatic rings. The lowest BCUT2D eigenvalue weighted by molar-refractivity contribution is -0.116. The Balaban J connectivity index is 1.61. The van der Waals surface area contributed by atoms with Gasteiger partial charge in [0.05, 0.1) is 22.9 Å². The smallest absolute Gasteiger partial charge is 0.244 e. The van der Waals surface area contributed by atoms with Crippen LogP contribution in [0.1, 0.15) is 16.4 Å². The van der Waals surface area contributed by atoms with E-state index < -0.39 is 0 Å². The summed E-state index contributed by atoms with van der Waals surface area (Å²) in [4.78, 5) is 20.5. The third kappa shape index (κ3) is 3.61. The van der Waals surface area contributed by atoms with Crippen molar-refractivity contribution >= 4 is 44.9 Å². The fourth-order valence-corrected chi connectivity index (χ4v) is 2.89. The standard InChI is InChI=1S/C15H13BrN4OS/c1-10-18-12(9-22-10)3-5-15(21)17-6-13-8-20-7-11(16)2-4-14(20)19-13/h2-5,7-9H,6H2,1H3,(H,17,21). The first kappa shape index (κ1) is 14.9. The molecule has 7 heteroatoms. The van der Waals surface area contributed by atoms with Gasteiger partial charge in [-0.2, -0.15) is 0 Å². The van der Waals surface area contributed by atoms with E-state index in [4.69, 9.17) is 0 Å². The lowest BCUT2D eigenvalue weighted by atomic mass is 10.4. The van der Waals surface area contributed by atoms with Gasteiger partial charge in [0.1, 0.15) is 5.65 Å². The molecule has 0 bridgehead atoms. The molecule has 0 aliphatic heterocycles. The van der Waals surface area contributed by atoms with Gasteiger partial charge in [0.15, 0.2) is 0 Å². The highest BCUT2D eigenvalue weighted by molar-refractivity contribution is 9.10. The lowest BCUT2D eigenvalue weighted by Gasteiger charge is -1.97. The van der Waals surface area contributed by atoms with E-state index in [1.54, 1.807) is 17.4 Å². The van der Waals surface area contributed by atoms with Crippen molar-refractivity contribution in [2.24, 2.45) is 0 Å². The van der Waals surface area contributed by atoms with Crippen molar-refractivity contribution in [3.05, 3.63) is 56.9 Å². The van der Waals surface area contributed by atoms with Crippen molar-refractivity contribution in [3.63, 3.8) is 0 Å². The number of rotatable bonds is 4. The van der Waals surface area contributed by atoms with Crippen molar-refractivity contribution in [3.8, 4) is 0 Å². The number of hydrogen-bond donors (Lipinski definition) is 1. The highest BCUT2D eigenvalue weighted by atomic mass is 79.9. The number of aryl methyl sites for hydroxylation is 1. The van der Waals surface area contributed by atoms with E-state index in [0.29, 0.717) is 6.54 Å². The normalized spacial score (nSPS) is 11.4. The van der Waals surface area contributed by atoms with Crippen LogP contribution >= 0.6 is 27.3 Å². The lowest BCUT2D eigenvalue weighted by Crippen LogP contribution is -2.20. The minimum atomic E-state index is -0.163. The summed E-state index contributed by atoms with van der Waals surface area (Å²) in [7, 11) is 0. The van der Waals surface area contributed by atoms with Crippen LogP contribution in [0.15, 0.2) is 40.5 Å². The van der Waals surface area contributed by atoms with E-state index in [0.717, 1.165) is 26.5 Å². The fourth-order valence-electron chi connectivity index (χ4n) is 1.96. The number of nitrogens with one attached hydrogen (secondary N) is 1. The summed E-state index contributed by atoms with van der Waals surface area (Å²) in [6.45, 7) is 2.32. The summed E-state index contributed by atoms with van der Waals surface area (Å²) in [5.74, 6) is -0.163. The third-order valence-electron chi connectivity index (χ3n) is 2.95. The van der Waals surface area contributed by atoms with Crippen LogP contribution in [0.4, 0.5) is 0 Å². The quantitative estimate of drug-likeness (QED) is 0.711. The van der Waals surface area contributed by atoms with E-state index in [9.17, 15) is 4.79 Å². The second-order valence-electron chi connectivity index (χ2n) is 4.69. The van der Waals surface area contributed by atoms with E-state index >= 15 is 0 Å². The van der Waals surface area contributed by atoms with Crippen LogP contribution in [0.5, 0.6) is 0 Å². The number of hydrogen-bond acceptors (Lipinski definition) is 4. The molecule has 112 valence electrons. The first-order valence-corrected chi connectivity index (χ1v) is 8.28. The average Bonchev–Trinajstić information content (AvgIpc) is 3.08. The van der Waals surface area contributed by atoms with E-state index in [1.807, 2.05) is 41.2 Å². The molecule has 0 atom stereocenters. The number of aromatic nitrogens is 3. The highest BCUT2D eigenvalue weighted by Crippen LogP contribution is 2.12. The third-order valence-corrected chi connectivity index (χ3v) is 4.21. The molecular weight excluding hydrogens is 364 g/mol. The first-order valence-electron chi connectivity index (χ1n) is 6.61. The van der Waals surface area contributed by atoms with Crippen LogP contribution in [0.3, 0.4) is 0 Å². The molecule has 3 heterocycles. The Morgan fingerprint density at radius 3 is 3.05 bits per heavy atom. The Morgan fingerprint density at radius 2 is 2.27 bits per heavy atom. The molecule has 0 fully saturated rings. The van der Waals surface area contributed by atoms with E-state index in [1.165, 1.54) is 6.08 Å². The molecule has 0 saturated heterocycles. The highest BCUT2D eigenvalue weighted by Gasteiger charge is 2.03. The van der Waals surface area contributed by atoms with E-state index in [2.05, 4.69) is 31.2 Å². The Kier molecular flexibility index (Phi) is 4.35. The Hall–Kier alpha value is -1.99. The van der Waals surface area contributed by atoms with E-state index in [-0.39, 0.29) is 5.91 Å². The Bertz CT molecular complexity index is 852. The number of carbonyl (C=O) groups excluding carboxylic acids is 1. The SMILES string of the molecule is Cc1nc(C=CC(=O)NCc2cn3cc(Br)ccc3n2)cs1. The number of carbonyl (C=O) groups is 1. The van der Waals surface area contributed by atoms with Gasteiger partial charge in [-0.05, 0) is 41.1 Å². The van der Waals surface area contributed by atoms with Crippen molar-refractivity contribution in [2.45, 2.75) is 13.5 Å². The number of fused-ring (bicyclic) bond motifs is 1. The summed E-state index contributed by atoms with van der Waals surface area (Å²) in [6.07, 6.45) is 7.02. The Morgan fingerprint density at radius 1 is 1.41 bits per heavy atom. The van der Waals surface area contributed by atoms with Gasteiger partial charge in [0.2, 0.25) is 5.91 Å². The molecule has 0 aliphatic carbocycles. The number of nitrogens with zero attached hydrogens (tertiary/aromatic N) is 3. The minimum absolute atomic E-state index is 0.163. The summed E-state index contributed by atoms with van der Waals surface area (Å²) in [5, 5.41) is 5.71. The van der Waals surface area contributed by atoms with Gasteiger partial charge in [-0.3, -0.25) is 4.79 Å². The van der Waals surface area contributed by atoms with Crippen LogP contribution < -0.4 is 5.32 Å². The van der Waals surface area contributed by atoms with Crippen LogP contribution in [-0.2, 0) is 11.3 Å². The fraction of sp³-hybridized carbons (Fsp3) is 0.133. The molecule has 0 aromatic carbocycles. The summed E-state index contributed by atoms with van der Waals surface area (Å²) in [6, 6.07) is 3.85. The van der Waals surface area contributed by atoms with Crippen molar-refractivity contribution in [1.82, 2.24) is 19.7 Å².